The molecule has 0 radical (unpaired) electrons. The van der Waals surface area contributed by atoms with Gasteiger partial charge in [-0.15, -0.1) is 12.6 Å². The molecule has 0 spiro atoms. The SMILES string of the molecule is CCOC(=O)c1cc(S)cc(C)c1C. The highest BCUT2D eigenvalue weighted by molar-refractivity contribution is 7.80. The molecule has 0 aliphatic heterocycles. The molecule has 0 saturated carbocycles. The molecule has 1 rings (SSSR count). The predicted molar refractivity (Wildman–Crippen MR) is 59.1 cm³/mol. The Bertz CT molecular complexity index is 359. The van der Waals surface area contributed by atoms with Gasteiger partial charge in [0, 0.05) is 4.90 Å². The first-order valence-electron chi connectivity index (χ1n) is 4.53. The lowest BCUT2D eigenvalue weighted by Gasteiger charge is -2.08. The van der Waals surface area contributed by atoms with Crippen LogP contribution in [0, 0.1) is 13.8 Å². The average Bonchev–Trinajstić information content (AvgIpc) is 2.11. The van der Waals surface area contributed by atoms with Crippen LogP contribution in [0.1, 0.15) is 28.4 Å². The van der Waals surface area contributed by atoms with Crippen molar-refractivity contribution in [1.82, 2.24) is 0 Å². The van der Waals surface area contributed by atoms with Gasteiger partial charge in [-0.1, -0.05) is 0 Å². The van der Waals surface area contributed by atoms with Gasteiger partial charge < -0.3 is 4.74 Å². The number of benzene rings is 1. The molecule has 0 N–H and O–H groups in total. The summed E-state index contributed by atoms with van der Waals surface area (Å²) in [6, 6.07) is 3.67. The maximum atomic E-state index is 11.5. The lowest BCUT2D eigenvalue weighted by atomic mass is 10.0. The van der Waals surface area contributed by atoms with Crippen molar-refractivity contribution >= 4 is 18.6 Å². The van der Waals surface area contributed by atoms with Gasteiger partial charge in [-0.05, 0) is 44.0 Å². The van der Waals surface area contributed by atoms with Crippen molar-refractivity contribution < 1.29 is 9.53 Å². The molecule has 14 heavy (non-hydrogen) atoms. The van der Waals surface area contributed by atoms with Crippen LogP contribution in [0.25, 0.3) is 0 Å². The Morgan fingerprint density at radius 3 is 2.64 bits per heavy atom. The Kier molecular flexibility index (Phi) is 3.58. The number of aryl methyl sites for hydroxylation is 1. The number of esters is 1. The van der Waals surface area contributed by atoms with Crippen LogP contribution >= 0.6 is 12.6 Å². The van der Waals surface area contributed by atoms with Crippen molar-refractivity contribution in [2.75, 3.05) is 6.61 Å². The van der Waals surface area contributed by atoms with Crippen LogP contribution in [0.4, 0.5) is 0 Å². The highest BCUT2D eigenvalue weighted by Crippen LogP contribution is 2.19. The molecule has 2 nitrogen and oxygen atoms in total. The quantitative estimate of drug-likeness (QED) is 0.600. The van der Waals surface area contributed by atoms with E-state index in [-0.39, 0.29) is 5.97 Å². The van der Waals surface area contributed by atoms with E-state index < -0.39 is 0 Å². The Balaban J connectivity index is 3.13. The number of carbonyl (C=O) groups excluding carboxylic acids is 1. The van der Waals surface area contributed by atoms with Crippen LogP contribution in [0.3, 0.4) is 0 Å². The fraction of sp³-hybridized carbons (Fsp3) is 0.364. The Morgan fingerprint density at radius 2 is 2.07 bits per heavy atom. The number of hydrogen-bond donors (Lipinski definition) is 1. The van der Waals surface area contributed by atoms with Gasteiger partial charge in [-0.3, -0.25) is 0 Å². The Hall–Kier alpha value is -0.960. The highest BCUT2D eigenvalue weighted by atomic mass is 32.1. The third kappa shape index (κ3) is 2.29. The first kappa shape index (κ1) is 11.1. The van der Waals surface area contributed by atoms with E-state index in [1.165, 1.54) is 0 Å². The second kappa shape index (κ2) is 4.51. The summed E-state index contributed by atoms with van der Waals surface area (Å²) in [5, 5.41) is 0. The van der Waals surface area contributed by atoms with Crippen molar-refractivity contribution in [3.8, 4) is 0 Å². The van der Waals surface area contributed by atoms with Gasteiger partial charge in [-0.2, -0.15) is 0 Å². The smallest absolute Gasteiger partial charge is 0.338 e. The molecule has 0 aromatic heterocycles. The van der Waals surface area contributed by atoms with Gasteiger partial charge in [0.25, 0.3) is 0 Å². The summed E-state index contributed by atoms with van der Waals surface area (Å²) in [7, 11) is 0. The van der Waals surface area contributed by atoms with E-state index in [1.54, 1.807) is 13.0 Å². The minimum Gasteiger partial charge on any atom is -0.462 e. The van der Waals surface area contributed by atoms with E-state index in [0.717, 1.165) is 16.0 Å². The van der Waals surface area contributed by atoms with Crippen LogP contribution in [0.5, 0.6) is 0 Å². The molecule has 1 aromatic carbocycles. The van der Waals surface area contributed by atoms with Gasteiger partial charge in [0.05, 0.1) is 12.2 Å². The summed E-state index contributed by atoms with van der Waals surface area (Å²) >= 11 is 4.23. The average molecular weight is 210 g/mol. The van der Waals surface area contributed by atoms with Crippen molar-refractivity contribution in [3.05, 3.63) is 28.8 Å². The van der Waals surface area contributed by atoms with Crippen molar-refractivity contribution in [2.24, 2.45) is 0 Å². The molecule has 0 atom stereocenters. The summed E-state index contributed by atoms with van der Waals surface area (Å²) in [6.45, 7) is 6.06. The van der Waals surface area contributed by atoms with Gasteiger partial charge >= 0.3 is 5.97 Å². The molecule has 1 aromatic rings. The zero-order chi connectivity index (χ0) is 10.7. The summed E-state index contributed by atoms with van der Waals surface area (Å²) in [5.74, 6) is -0.274. The first-order chi connectivity index (χ1) is 6.56. The van der Waals surface area contributed by atoms with E-state index in [9.17, 15) is 4.79 Å². The standard InChI is InChI=1S/C11H14O2S/c1-4-13-11(12)10-6-9(14)5-7(2)8(10)3/h5-6,14H,4H2,1-3H3. The fourth-order valence-corrected chi connectivity index (χ4v) is 1.58. The zero-order valence-corrected chi connectivity index (χ0v) is 9.52. The van der Waals surface area contributed by atoms with Crippen LogP contribution < -0.4 is 0 Å². The maximum Gasteiger partial charge on any atom is 0.338 e. The molecule has 0 aliphatic rings. The molecule has 0 amide bonds. The predicted octanol–water partition coefficient (Wildman–Crippen LogP) is 2.77. The lowest BCUT2D eigenvalue weighted by Crippen LogP contribution is -2.07. The summed E-state index contributed by atoms with van der Waals surface area (Å²) < 4.78 is 4.95. The topological polar surface area (TPSA) is 26.3 Å². The number of rotatable bonds is 2. The van der Waals surface area contributed by atoms with Crippen LogP contribution in [0.2, 0.25) is 0 Å². The summed E-state index contributed by atoms with van der Waals surface area (Å²) in [4.78, 5) is 12.3. The largest absolute Gasteiger partial charge is 0.462 e. The number of ether oxygens (including phenoxy) is 1. The second-order valence-electron chi connectivity index (χ2n) is 3.16. The number of thiol groups is 1. The molecule has 3 heteroatoms. The lowest BCUT2D eigenvalue weighted by molar-refractivity contribution is 0.0525. The maximum absolute atomic E-state index is 11.5. The molecular weight excluding hydrogens is 196 g/mol. The molecule has 0 bridgehead atoms. The third-order valence-electron chi connectivity index (χ3n) is 2.15. The van der Waals surface area contributed by atoms with E-state index in [4.69, 9.17) is 4.74 Å². The van der Waals surface area contributed by atoms with Crippen LogP contribution in [-0.4, -0.2) is 12.6 Å². The summed E-state index contributed by atoms with van der Waals surface area (Å²) in [5.41, 5.74) is 2.62. The van der Waals surface area contributed by atoms with Crippen molar-refractivity contribution in [2.45, 2.75) is 25.7 Å². The fourth-order valence-electron chi connectivity index (χ4n) is 1.26. The van der Waals surface area contributed by atoms with Gasteiger partial charge in [-0.25, -0.2) is 4.79 Å². The molecule has 0 fully saturated rings. The molecular formula is C11H14O2S. The summed E-state index contributed by atoms with van der Waals surface area (Å²) in [6.07, 6.45) is 0. The van der Waals surface area contributed by atoms with Gasteiger partial charge in [0.2, 0.25) is 0 Å². The number of carbonyl (C=O) groups is 1. The molecule has 0 unspecified atom stereocenters. The Labute approximate surface area is 89.7 Å². The molecule has 0 aliphatic carbocycles. The van der Waals surface area contributed by atoms with E-state index >= 15 is 0 Å². The second-order valence-corrected chi connectivity index (χ2v) is 3.67. The monoisotopic (exact) mass is 210 g/mol. The minimum atomic E-state index is -0.274. The van der Waals surface area contributed by atoms with E-state index in [1.807, 2.05) is 19.9 Å². The molecule has 0 heterocycles. The Morgan fingerprint density at radius 1 is 1.43 bits per heavy atom. The minimum absolute atomic E-state index is 0.274. The van der Waals surface area contributed by atoms with Crippen molar-refractivity contribution in [3.63, 3.8) is 0 Å². The normalized spacial score (nSPS) is 10.0. The number of hydrogen-bond acceptors (Lipinski definition) is 3. The van der Waals surface area contributed by atoms with Crippen LogP contribution in [-0.2, 0) is 4.74 Å². The third-order valence-corrected chi connectivity index (χ3v) is 2.41. The first-order valence-corrected chi connectivity index (χ1v) is 4.98. The van der Waals surface area contributed by atoms with Gasteiger partial charge in [0.1, 0.15) is 0 Å². The van der Waals surface area contributed by atoms with Crippen molar-refractivity contribution in [1.29, 1.82) is 0 Å². The zero-order valence-electron chi connectivity index (χ0n) is 8.63. The molecule has 0 saturated heterocycles. The molecule has 76 valence electrons. The van der Waals surface area contributed by atoms with E-state index in [0.29, 0.717) is 12.2 Å². The van der Waals surface area contributed by atoms with E-state index in [2.05, 4.69) is 12.6 Å². The highest BCUT2D eigenvalue weighted by Gasteiger charge is 2.11. The van der Waals surface area contributed by atoms with Crippen LogP contribution in [0.15, 0.2) is 17.0 Å². The van der Waals surface area contributed by atoms with Gasteiger partial charge in [0.15, 0.2) is 0 Å².